The molecular weight excluding hydrogens is 188 g/mol. The maximum Gasteiger partial charge on any atom is 0.241 e. The zero-order valence-electron chi connectivity index (χ0n) is 8.86. The van der Waals surface area contributed by atoms with Gasteiger partial charge in [0.25, 0.3) is 0 Å². The highest BCUT2D eigenvalue weighted by atomic mass is 16.2. The molecule has 80 valence electrons. The van der Waals surface area contributed by atoms with E-state index in [0.717, 1.165) is 5.69 Å². The van der Waals surface area contributed by atoms with E-state index in [-0.39, 0.29) is 11.9 Å². The van der Waals surface area contributed by atoms with Crippen molar-refractivity contribution in [2.75, 3.05) is 5.32 Å². The zero-order valence-corrected chi connectivity index (χ0v) is 8.86. The molecule has 0 unspecified atom stereocenters. The number of hydrogen-bond acceptors (Lipinski definition) is 2. The number of anilines is 1. The van der Waals surface area contributed by atoms with Crippen LogP contribution in [0.3, 0.4) is 0 Å². The fourth-order valence-corrected chi connectivity index (χ4v) is 1.45. The first kappa shape index (κ1) is 10.2. The van der Waals surface area contributed by atoms with E-state index in [9.17, 15) is 4.79 Å². The molecule has 1 aliphatic carbocycles. The van der Waals surface area contributed by atoms with Gasteiger partial charge < -0.3 is 10.6 Å². The third-order valence-corrected chi connectivity index (χ3v) is 2.50. The number of rotatable bonds is 4. The van der Waals surface area contributed by atoms with Crippen LogP contribution in [-0.4, -0.2) is 18.0 Å². The highest BCUT2D eigenvalue weighted by Crippen LogP contribution is 2.19. The molecular formula is C12H16N2O. The predicted octanol–water partition coefficient (Wildman–Crippen LogP) is 1.77. The van der Waals surface area contributed by atoms with Crippen molar-refractivity contribution in [2.45, 2.75) is 31.8 Å². The van der Waals surface area contributed by atoms with Crippen LogP contribution in [0.5, 0.6) is 0 Å². The summed E-state index contributed by atoms with van der Waals surface area (Å²) in [4.78, 5) is 11.7. The molecule has 0 radical (unpaired) electrons. The van der Waals surface area contributed by atoms with Gasteiger partial charge in [-0.25, -0.2) is 0 Å². The van der Waals surface area contributed by atoms with Gasteiger partial charge in [-0.15, -0.1) is 0 Å². The predicted molar refractivity (Wildman–Crippen MR) is 60.7 cm³/mol. The van der Waals surface area contributed by atoms with E-state index in [2.05, 4.69) is 10.6 Å². The second-order valence-electron chi connectivity index (χ2n) is 4.02. The van der Waals surface area contributed by atoms with Gasteiger partial charge >= 0.3 is 0 Å². The highest BCUT2D eigenvalue weighted by molar-refractivity contribution is 5.94. The average molecular weight is 204 g/mol. The van der Waals surface area contributed by atoms with Crippen LogP contribution in [0.2, 0.25) is 0 Å². The van der Waals surface area contributed by atoms with Crippen molar-refractivity contribution in [2.24, 2.45) is 0 Å². The molecule has 0 bridgehead atoms. The summed E-state index contributed by atoms with van der Waals surface area (Å²) in [5.74, 6) is 0.0353. The monoisotopic (exact) mass is 204 g/mol. The first-order chi connectivity index (χ1) is 7.25. The van der Waals surface area contributed by atoms with Crippen molar-refractivity contribution in [3.63, 3.8) is 0 Å². The minimum atomic E-state index is -0.113. The molecule has 0 aliphatic heterocycles. The van der Waals surface area contributed by atoms with Crippen molar-refractivity contribution < 1.29 is 4.79 Å². The molecule has 3 nitrogen and oxygen atoms in total. The summed E-state index contributed by atoms with van der Waals surface area (Å²) in [7, 11) is 0. The van der Waals surface area contributed by atoms with E-state index in [1.807, 2.05) is 37.3 Å². The molecule has 0 spiro atoms. The summed E-state index contributed by atoms with van der Waals surface area (Å²) >= 11 is 0. The van der Waals surface area contributed by atoms with Crippen LogP contribution in [-0.2, 0) is 4.79 Å². The Morgan fingerprint density at radius 1 is 1.33 bits per heavy atom. The molecule has 1 saturated carbocycles. The summed E-state index contributed by atoms with van der Waals surface area (Å²) in [6.07, 6.45) is 2.39. The van der Waals surface area contributed by atoms with Crippen LogP contribution in [0.4, 0.5) is 5.69 Å². The largest absolute Gasteiger partial charge is 0.325 e. The summed E-state index contributed by atoms with van der Waals surface area (Å²) in [5.41, 5.74) is 0.854. The molecule has 2 N–H and O–H groups in total. The van der Waals surface area contributed by atoms with Crippen molar-refractivity contribution in [1.29, 1.82) is 0 Å². The molecule has 1 aliphatic rings. The molecule has 1 aromatic rings. The number of nitrogens with one attached hydrogen (secondary N) is 2. The van der Waals surface area contributed by atoms with Crippen LogP contribution in [0.15, 0.2) is 30.3 Å². The number of carbonyl (C=O) groups excluding carboxylic acids is 1. The van der Waals surface area contributed by atoms with Gasteiger partial charge in [0.05, 0.1) is 6.04 Å². The van der Waals surface area contributed by atoms with Gasteiger partial charge in [0.1, 0.15) is 0 Å². The fourth-order valence-electron chi connectivity index (χ4n) is 1.45. The lowest BCUT2D eigenvalue weighted by atomic mass is 10.2. The summed E-state index contributed by atoms with van der Waals surface area (Å²) in [6, 6.07) is 9.98. The SMILES string of the molecule is C[C@@H](NC1CC1)C(=O)Nc1ccccc1. The van der Waals surface area contributed by atoms with Crippen LogP contribution in [0.1, 0.15) is 19.8 Å². The standard InChI is InChI=1S/C12H16N2O/c1-9(13-11-7-8-11)12(15)14-10-5-3-2-4-6-10/h2-6,9,11,13H,7-8H2,1H3,(H,14,15)/t9-/m1/s1. The molecule has 1 aromatic carbocycles. The lowest BCUT2D eigenvalue weighted by molar-refractivity contribution is -0.117. The Hall–Kier alpha value is -1.35. The first-order valence-electron chi connectivity index (χ1n) is 5.37. The van der Waals surface area contributed by atoms with E-state index >= 15 is 0 Å². The normalized spacial score (nSPS) is 17.1. The van der Waals surface area contributed by atoms with Gasteiger partial charge in [-0.1, -0.05) is 18.2 Å². The fraction of sp³-hybridized carbons (Fsp3) is 0.417. The van der Waals surface area contributed by atoms with Crippen LogP contribution in [0.25, 0.3) is 0 Å². The average Bonchev–Trinajstić information content (AvgIpc) is 3.03. The molecule has 1 atom stereocenters. The minimum Gasteiger partial charge on any atom is -0.325 e. The van der Waals surface area contributed by atoms with E-state index < -0.39 is 0 Å². The topological polar surface area (TPSA) is 41.1 Å². The van der Waals surface area contributed by atoms with Crippen molar-refractivity contribution >= 4 is 11.6 Å². The molecule has 15 heavy (non-hydrogen) atoms. The Morgan fingerprint density at radius 3 is 2.60 bits per heavy atom. The third-order valence-electron chi connectivity index (χ3n) is 2.50. The second-order valence-corrected chi connectivity index (χ2v) is 4.02. The lowest BCUT2D eigenvalue weighted by Crippen LogP contribution is -2.39. The van der Waals surface area contributed by atoms with Crippen molar-refractivity contribution in [3.8, 4) is 0 Å². The summed E-state index contributed by atoms with van der Waals surface area (Å²) in [5, 5.41) is 6.14. The molecule has 0 saturated heterocycles. The summed E-state index contributed by atoms with van der Waals surface area (Å²) in [6.45, 7) is 1.90. The van der Waals surface area contributed by atoms with Crippen LogP contribution in [0, 0.1) is 0 Å². The molecule has 3 heteroatoms. The minimum absolute atomic E-state index is 0.0353. The number of carbonyl (C=O) groups is 1. The Morgan fingerprint density at radius 2 is 2.00 bits per heavy atom. The van der Waals surface area contributed by atoms with Gasteiger partial charge in [0.2, 0.25) is 5.91 Å². The van der Waals surface area contributed by atoms with E-state index in [4.69, 9.17) is 0 Å². The maximum atomic E-state index is 11.7. The molecule has 1 fully saturated rings. The quantitative estimate of drug-likeness (QED) is 0.784. The smallest absolute Gasteiger partial charge is 0.241 e. The molecule has 1 amide bonds. The number of para-hydroxylation sites is 1. The Balaban J connectivity index is 1.85. The van der Waals surface area contributed by atoms with E-state index in [1.165, 1.54) is 12.8 Å². The highest BCUT2D eigenvalue weighted by Gasteiger charge is 2.25. The Kier molecular flexibility index (Phi) is 3.02. The van der Waals surface area contributed by atoms with Gasteiger partial charge in [0, 0.05) is 11.7 Å². The summed E-state index contributed by atoms with van der Waals surface area (Å²) < 4.78 is 0. The zero-order chi connectivity index (χ0) is 10.7. The van der Waals surface area contributed by atoms with Gasteiger partial charge in [0.15, 0.2) is 0 Å². The van der Waals surface area contributed by atoms with Gasteiger partial charge in [-0.3, -0.25) is 4.79 Å². The van der Waals surface area contributed by atoms with E-state index in [0.29, 0.717) is 6.04 Å². The third kappa shape index (κ3) is 3.06. The first-order valence-corrected chi connectivity index (χ1v) is 5.37. The second kappa shape index (κ2) is 4.45. The lowest BCUT2D eigenvalue weighted by Gasteiger charge is -2.13. The molecule has 0 heterocycles. The Bertz CT molecular complexity index is 333. The maximum absolute atomic E-state index is 11.7. The Labute approximate surface area is 89.9 Å². The number of benzene rings is 1. The van der Waals surface area contributed by atoms with E-state index in [1.54, 1.807) is 0 Å². The molecule has 2 rings (SSSR count). The van der Waals surface area contributed by atoms with Gasteiger partial charge in [-0.2, -0.15) is 0 Å². The molecule has 0 aromatic heterocycles. The number of hydrogen-bond donors (Lipinski definition) is 2. The van der Waals surface area contributed by atoms with Gasteiger partial charge in [-0.05, 0) is 31.9 Å². The van der Waals surface area contributed by atoms with Crippen molar-refractivity contribution in [3.05, 3.63) is 30.3 Å². The number of amides is 1. The van der Waals surface area contributed by atoms with Crippen LogP contribution >= 0.6 is 0 Å². The van der Waals surface area contributed by atoms with Crippen molar-refractivity contribution in [1.82, 2.24) is 5.32 Å². The van der Waals surface area contributed by atoms with Crippen LogP contribution < -0.4 is 10.6 Å².